The second kappa shape index (κ2) is 8.92. The quantitative estimate of drug-likeness (QED) is 0.484. The first kappa shape index (κ1) is 21.9. The first-order chi connectivity index (χ1) is 14.2. The van der Waals surface area contributed by atoms with Crippen LogP contribution in [0.4, 0.5) is 5.69 Å². The van der Waals surface area contributed by atoms with E-state index in [-0.39, 0.29) is 11.2 Å². The molecule has 1 atom stereocenters. The number of azo groups is 1. The highest BCUT2D eigenvalue weighted by Gasteiger charge is 2.28. The van der Waals surface area contributed by atoms with E-state index in [4.69, 9.17) is 12.2 Å². The molecule has 7 heteroatoms. The Labute approximate surface area is 183 Å². The monoisotopic (exact) mass is 423 g/mol. The molecule has 0 fully saturated rings. The summed E-state index contributed by atoms with van der Waals surface area (Å²) >= 11 is 5.32. The molecule has 1 aliphatic rings. The maximum Gasteiger partial charge on any atom is 0.238 e. The van der Waals surface area contributed by atoms with Gasteiger partial charge in [0.1, 0.15) is 5.75 Å². The van der Waals surface area contributed by atoms with Crippen molar-refractivity contribution in [2.45, 2.75) is 46.2 Å². The van der Waals surface area contributed by atoms with Crippen LogP contribution in [0.2, 0.25) is 0 Å². The van der Waals surface area contributed by atoms with E-state index in [0.29, 0.717) is 10.7 Å². The van der Waals surface area contributed by atoms with E-state index < -0.39 is 6.17 Å². The zero-order valence-electron chi connectivity index (χ0n) is 18.2. The summed E-state index contributed by atoms with van der Waals surface area (Å²) in [6, 6.07) is 13.9. The van der Waals surface area contributed by atoms with Crippen molar-refractivity contribution in [2.24, 2.45) is 15.3 Å². The highest BCUT2D eigenvalue weighted by atomic mass is 32.1. The summed E-state index contributed by atoms with van der Waals surface area (Å²) in [5, 5.41) is 25.1. The van der Waals surface area contributed by atoms with Gasteiger partial charge in [-0.2, -0.15) is 10.2 Å². The van der Waals surface area contributed by atoms with Crippen LogP contribution in [0.5, 0.6) is 5.75 Å². The predicted octanol–water partition coefficient (Wildman–Crippen LogP) is 5.62. The van der Waals surface area contributed by atoms with Gasteiger partial charge in [-0.05, 0) is 49.2 Å². The minimum atomic E-state index is -0.403. The van der Waals surface area contributed by atoms with Crippen LogP contribution in [0, 0.1) is 0 Å². The van der Waals surface area contributed by atoms with Gasteiger partial charge in [0.2, 0.25) is 5.11 Å². The molecule has 0 aromatic heterocycles. The van der Waals surface area contributed by atoms with Crippen LogP contribution >= 0.6 is 12.2 Å². The standard InChI is InChI=1S/C23H29N5OS/c1-6-27(7-2)19-13-10-17(20(29)14-19)15-24-28-21(25-26-22(28)30)16-8-11-18(12-9-16)23(3,4)5/h8-15,21,29H,6-7H2,1-5H3. The lowest BCUT2D eigenvalue weighted by atomic mass is 9.86. The molecule has 30 heavy (non-hydrogen) atoms. The van der Waals surface area contributed by atoms with E-state index in [9.17, 15) is 5.11 Å². The molecule has 0 saturated carbocycles. The van der Waals surface area contributed by atoms with Gasteiger partial charge >= 0.3 is 0 Å². The van der Waals surface area contributed by atoms with E-state index >= 15 is 0 Å². The van der Waals surface area contributed by atoms with Crippen LogP contribution in [0.3, 0.4) is 0 Å². The molecule has 0 amide bonds. The van der Waals surface area contributed by atoms with E-state index in [1.807, 2.05) is 24.3 Å². The fourth-order valence-corrected chi connectivity index (χ4v) is 3.52. The summed E-state index contributed by atoms with van der Waals surface area (Å²) in [5.41, 5.74) is 3.88. The lowest BCUT2D eigenvalue weighted by Crippen LogP contribution is -2.22. The van der Waals surface area contributed by atoms with Crippen LogP contribution in [-0.4, -0.2) is 34.5 Å². The Morgan fingerprint density at radius 2 is 1.80 bits per heavy atom. The molecule has 0 radical (unpaired) electrons. The fraction of sp³-hybridized carbons (Fsp3) is 0.391. The van der Waals surface area contributed by atoms with Crippen molar-refractivity contribution in [3.05, 3.63) is 59.2 Å². The maximum atomic E-state index is 10.4. The Kier molecular flexibility index (Phi) is 6.51. The third-order valence-electron chi connectivity index (χ3n) is 5.22. The fourth-order valence-electron chi connectivity index (χ4n) is 3.33. The second-order valence-electron chi connectivity index (χ2n) is 8.25. The largest absolute Gasteiger partial charge is 0.507 e. The van der Waals surface area contributed by atoms with Crippen molar-refractivity contribution in [3.63, 3.8) is 0 Å². The lowest BCUT2D eigenvalue weighted by Gasteiger charge is -2.22. The Morgan fingerprint density at radius 1 is 1.13 bits per heavy atom. The SMILES string of the molecule is CCN(CC)c1ccc(C=NN2C(=S)N=NC2c2ccc(C(C)(C)C)cc2)c(O)c1. The zero-order chi connectivity index (χ0) is 21.9. The molecule has 1 aliphatic heterocycles. The average molecular weight is 424 g/mol. The van der Waals surface area contributed by atoms with Gasteiger partial charge in [-0.15, -0.1) is 5.11 Å². The van der Waals surface area contributed by atoms with Gasteiger partial charge in [0.25, 0.3) is 0 Å². The molecule has 158 valence electrons. The summed E-state index contributed by atoms with van der Waals surface area (Å²) < 4.78 is 0. The number of phenols is 1. The van der Waals surface area contributed by atoms with Gasteiger partial charge in [-0.1, -0.05) is 45.0 Å². The molecular weight excluding hydrogens is 394 g/mol. The Hall–Kier alpha value is -2.80. The smallest absolute Gasteiger partial charge is 0.238 e. The summed E-state index contributed by atoms with van der Waals surface area (Å²) in [6.45, 7) is 12.5. The normalized spacial score (nSPS) is 16.6. The van der Waals surface area contributed by atoms with Gasteiger partial charge in [-0.3, -0.25) is 0 Å². The molecule has 2 aromatic rings. The Bertz CT molecular complexity index is 959. The van der Waals surface area contributed by atoms with Crippen molar-refractivity contribution >= 4 is 29.2 Å². The number of thiocarbonyl (C=S) groups is 1. The zero-order valence-corrected chi connectivity index (χ0v) is 19.0. The number of hydrazone groups is 1. The number of rotatable bonds is 6. The van der Waals surface area contributed by atoms with Crippen LogP contribution in [0.1, 0.15) is 57.5 Å². The van der Waals surface area contributed by atoms with Gasteiger partial charge in [-0.25, -0.2) is 5.01 Å². The third-order valence-corrected chi connectivity index (χ3v) is 5.49. The number of anilines is 1. The lowest BCUT2D eigenvalue weighted by molar-refractivity contribution is 0.367. The van der Waals surface area contributed by atoms with Gasteiger partial charge in [0, 0.05) is 36.0 Å². The van der Waals surface area contributed by atoms with E-state index in [1.54, 1.807) is 17.3 Å². The highest BCUT2D eigenvalue weighted by molar-refractivity contribution is 7.80. The summed E-state index contributed by atoms with van der Waals surface area (Å²) in [4.78, 5) is 2.17. The third kappa shape index (κ3) is 4.67. The van der Waals surface area contributed by atoms with Crippen LogP contribution in [0.25, 0.3) is 0 Å². The van der Waals surface area contributed by atoms with E-state index in [0.717, 1.165) is 24.3 Å². The maximum absolute atomic E-state index is 10.4. The summed E-state index contributed by atoms with van der Waals surface area (Å²) in [6.07, 6.45) is 1.19. The molecule has 0 spiro atoms. The molecule has 0 saturated heterocycles. The number of hydrogen-bond donors (Lipinski definition) is 1. The van der Waals surface area contributed by atoms with Crippen molar-refractivity contribution < 1.29 is 5.11 Å². The van der Waals surface area contributed by atoms with Crippen LogP contribution in [-0.2, 0) is 5.41 Å². The van der Waals surface area contributed by atoms with Crippen LogP contribution < -0.4 is 4.90 Å². The Balaban J connectivity index is 1.81. The van der Waals surface area contributed by atoms with Crippen LogP contribution in [0.15, 0.2) is 57.8 Å². The molecule has 0 bridgehead atoms. The van der Waals surface area contributed by atoms with Gasteiger partial charge in [0.05, 0.1) is 6.21 Å². The molecule has 0 aliphatic carbocycles. The summed E-state index contributed by atoms with van der Waals surface area (Å²) in [7, 11) is 0. The van der Waals surface area contributed by atoms with Gasteiger partial charge < -0.3 is 10.0 Å². The van der Waals surface area contributed by atoms with Crippen molar-refractivity contribution in [1.29, 1.82) is 0 Å². The molecular formula is C23H29N5OS. The van der Waals surface area contributed by atoms with Crippen molar-refractivity contribution in [1.82, 2.24) is 5.01 Å². The average Bonchev–Trinajstić information content (AvgIpc) is 3.08. The number of hydrogen-bond acceptors (Lipinski definition) is 5. The first-order valence-corrected chi connectivity index (χ1v) is 10.6. The number of nitrogens with zero attached hydrogens (tertiary/aromatic N) is 5. The predicted molar refractivity (Wildman–Crippen MR) is 126 cm³/mol. The molecule has 2 aromatic carbocycles. The highest BCUT2D eigenvalue weighted by Crippen LogP contribution is 2.31. The minimum absolute atomic E-state index is 0.0810. The number of aromatic hydroxyl groups is 1. The van der Waals surface area contributed by atoms with E-state index in [2.05, 4.69) is 67.0 Å². The summed E-state index contributed by atoms with van der Waals surface area (Å²) in [5.74, 6) is 0.174. The van der Waals surface area contributed by atoms with Crippen molar-refractivity contribution in [3.8, 4) is 5.75 Å². The molecule has 3 rings (SSSR count). The molecule has 1 N–H and O–H groups in total. The molecule has 6 nitrogen and oxygen atoms in total. The second-order valence-corrected chi connectivity index (χ2v) is 8.61. The number of benzene rings is 2. The number of phenolic OH excluding ortho intramolecular Hbond substituents is 1. The van der Waals surface area contributed by atoms with Crippen molar-refractivity contribution in [2.75, 3.05) is 18.0 Å². The first-order valence-electron chi connectivity index (χ1n) is 10.2. The Morgan fingerprint density at radius 3 is 2.37 bits per heavy atom. The minimum Gasteiger partial charge on any atom is -0.507 e. The molecule has 1 unspecified atom stereocenters. The van der Waals surface area contributed by atoms with Gasteiger partial charge in [0.15, 0.2) is 6.17 Å². The topological polar surface area (TPSA) is 63.8 Å². The van der Waals surface area contributed by atoms with E-state index in [1.165, 1.54) is 5.56 Å². The molecule has 1 heterocycles.